The van der Waals surface area contributed by atoms with Crippen molar-refractivity contribution in [2.24, 2.45) is 0 Å². The van der Waals surface area contributed by atoms with Gasteiger partial charge in [0.25, 0.3) is 0 Å². The maximum Gasteiger partial charge on any atom is 0.0406 e. The zero-order chi connectivity index (χ0) is 8.39. The largest absolute Gasteiger partial charge is 0.381 e. The fraction of sp³-hybridized carbons (Fsp3) is 0.0909. The molecule has 0 saturated heterocycles. The SMILES string of the molecule is C=CC1=Cc2ccccc2CN1. The van der Waals surface area contributed by atoms with Gasteiger partial charge in [0.1, 0.15) is 0 Å². The zero-order valence-corrected chi connectivity index (χ0v) is 6.88. The minimum absolute atomic E-state index is 0.911. The van der Waals surface area contributed by atoms with Gasteiger partial charge >= 0.3 is 0 Å². The normalized spacial score (nSPS) is 14.2. The van der Waals surface area contributed by atoms with E-state index in [9.17, 15) is 0 Å². The first kappa shape index (κ1) is 7.17. The molecule has 0 spiro atoms. The quantitative estimate of drug-likeness (QED) is 0.659. The second kappa shape index (κ2) is 2.86. The summed E-state index contributed by atoms with van der Waals surface area (Å²) in [5, 5.41) is 3.27. The molecule has 1 N–H and O–H groups in total. The van der Waals surface area contributed by atoms with Gasteiger partial charge in [-0.05, 0) is 23.3 Å². The molecule has 0 aromatic heterocycles. The summed E-state index contributed by atoms with van der Waals surface area (Å²) in [4.78, 5) is 0. The molecule has 0 saturated carbocycles. The van der Waals surface area contributed by atoms with Crippen molar-refractivity contribution in [3.8, 4) is 0 Å². The molecule has 1 aliphatic heterocycles. The van der Waals surface area contributed by atoms with E-state index in [1.54, 1.807) is 0 Å². The Bertz CT molecular complexity index is 337. The third-order valence-electron chi connectivity index (χ3n) is 2.07. The Balaban J connectivity index is 2.47. The van der Waals surface area contributed by atoms with Crippen LogP contribution in [0.3, 0.4) is 0 Å². The van der Waals surface area contributed by atoms with Gasteiger partial charge in [-0.25, -0.2) is 0 Å². The second-order valence-corrected chi connectivity index (χ2v) is 2.86. The lowest BCUT2D eigenvalue weighted by atomic mass is 10.0. The summed E-state index contributed by atoms with van der Waals surface area (Å²) in [5.41, 5.74) is 3.75. The zero-order valence-electron chi connectivity index (χ0n) is 6.88. The molecule has 1 nitrogen and oxygen atoms in total. The predicted octanol–water partition coefficient (Wildman–Crippen LogP) is 2.32. The van der Waals surface area contributed by atoms with E-state index in [-0.39, 0.29) is 0 Å². The predicted molar refractivity (Wildman–Crippen MR) is 51.5 cm³/mol. The Labute approximate surface area is 72.4 Å². The van der Waals surface area contributed by atoms with E-state index in [2.05, 4.69) is 42.2 Å². The number of hydrogen-bond donors (Lipinski definition) is 1. The van der Waals surface area contributed by atoms with Crippen molar-refractivity contribution in [2.75, 3.05) is 0 Å². The summed E-state index contributed by atoms with van der Waals surface area (Å²) in [6.07, 6.45) is 3.96. The maximum atomic E-state index is 3.73. The first-order valence-corrected chi connectivity index (χ1v) is 4.06. The molecule has 0 fully saturated rings. The molecule has 60 valence electrons. The average Bonchev–Trinajstić information content (AvgIpc) is 2.17. The molecule has 1 heterocycles. The highest BCUT2D eigenvalue weighted by Gasteiger charge is 2.04. The molecule has 1 aromatic rings. The topological polar surface area (TPSA) is 12.0 Å². The average molecular weight is 157 g/mol. The number of rotatable bonds is 1. The lowest BCUT2D eigenvalue weighted by Crippen LogP contribution is -2.15. The molecule has 0 unspecified atom stereocenters. The highest BCUT2D eigenvalue weighted by Crippen LogP contribution is 2.17. The van der Waals surface area contributed by atoms with Gasteiger partial charge in [-0.3, -0.25) is 0 Å². The first-order chi connectivity index (χ1) is 5.90. The van der Waals surface area contributed by atoms with Gasteiger partial charge in [-0.2, -0.15) is 0 Å². The molecule has 12 heavy (non-hydrogen) atoms. The van der Waals surface area contributed by atoms with Gasteiger partial charge in [0.15, 0.2) is 0 Å². The molecule has 0 bridgehead atoms. The highest BCUT2D eigenvalue weighted by atomic mass is 14.9. The number of fused-ring (bicyclic) bond motifs is 1. The summed E-state index contributed by atoms with van der Waals surface area (Å²) in [5.74, 6) is 0. The molecule has 1 aliphatic rings. The van der Waals surface area contributed by atoms with Crippen LogP contribution in [0.2, 0.25) is 0 Å². The van der Waals surface area contributed by atoms with E-state index in [0.717, 1.165) is 12.2 Å². The maximum absolute atomic E-state index is 3.73. The number of benzene rings is 1. The second-order valence-electron chi connectivity index (χ2n) is 2.86. The summed E-state index contributed by atoms with van der Waals surface area (Å²) < 4.78 is 0. The Hall–Kier alpha value is -1.50. The van der Waals surface area contributed by atoms with E-state index >= 15 is 0 Å². The Morgan fingerprint density at radius 1 is 1.33 bits per heavy atom. The van der Waals surface area contributed by atoms with Gasteiger partial charge in [-0.15, -0.1) is 0 Å². The fourth-order valence-corrected chi connectivity index (χ4v) is 1.38. The minimum atomic E-state index is 0.911. The van der Waals surface area contributed by atoms with Gasteiger partial charge in [0, 0.05) is 12.2 Å². The van der Waals surface area contributed by atoms with Gasteiger partial charge in [-0.1, -0.05) is 30.8 Å². The van der Waals surface area contributed by atoms with Crippen LogP contribution in [0.15, 0.2) is 42.6 Å². The van der Waals surface area contributed by atoms with Crippen molar-refractivity contribution in [2.45, 2.75) is 6.54 Å². The summed E-state index contributed by atoms with van der Waals surface area (Å²) in [6.45, 7) is 4.64. The van der Waals surface area contributed by atoms with Gasteiger partial charge in [0.2, 0.25) is 0 Å². The monoisotopic (exact) mass is 157 g/mol. The van der Waals surface area contributed by atoms with Crippen molar-refractivity contribution < 1.29 is 0 Å². The summed E-state index contributed by atoms with van der Waals surface area (Å²) >= 11 is 0. The van der Waals surface area contributed by atoms with Crippen LogP contribution in [0.1, 0.15) is 11.1 Å². The molecule has 1 aromatic carbocycles. The summed E-state index contributed by atoms with van der Waals surface area (Å²) in [7, 11) is 0. The van der Waals surface area contributed by atoms with Crippen molar-refractivity contribution in [3.05, 3.63) is 53.7 Å². The smallest absolute Gasteiger partial charge is 0.0406 e. The van der Waals surface area contributed by atoms with E-state index in [1.165, 1.54) is 11.1 Å². The van der Waals surface area contributed by atoms with Gasteiger partial charge in [0.05, 0.1) is 0 Å². The minimum Gasteiger partial charge on any atom is -0.381 e. The fourth-order valence-electron chi connectivity index (χ4n) is 1.38. The molecule has 0 radical (unpaired) electrons. The molecule has 0 amide bonds. The Morgan fingerprint density at radius 2 is 2.17 bits per heavy atom. The van der Waals surface area contributed by atoms with Crippen molar-refractivity contribution >= 4 is 6.08 Å². The molecular formula is C11H11N. The van der Waals surface area contributed by atoms with Crippen LogP contribution >= 0.6 is 0 Å². The van der Waals surface area contributed by atoms with Gasteiger partial charge < -0.3 is 5.32 Å². The van der Waals surface area contributed by atoms with E-state index < -0.39 is 0 Å². The van der Waals surface area contributed by atoms with Crippen LogP contribution in [0, 0.1) is 0 Å². The lowest BCUT2D eigenvalue weighted by Gasteiger charge is -2.15. The van der Waals surface area contributed by atoms with Crippen LogP contribution in [0.4, 0.5) is 0 Å². The van der Waals surface area contributed by atoms with E-state index in [1.807, 2.05) is 6.08 Å². The van der Waals surface area contributed by atoms with Crippen LogP contribution in [0.25, 0.3) is 6.08 Å². The molecular weight excluding hydrogens is 146 g/mol. The number of hydrogen-bond acceptors (Lipinski definition) is 1. The van der Waals surface area contributed by atoms with Crippen LogP contribution < -0.4 is 5.32 Å². The molecule has 0 aliphatic carbocycles. The number of nitrogens with one attached hydrogen (secondary N) is 1. The lowest BCUT2D eigenvalue weighted by molar-refractivity contribution is 0.824. The van der Waals surface area contributed by atoms with Crippen molar-refractivity contribution in [1.82, 2.24) is 5.32 Å². The van der Waals surface area contributed by atoms with Crippen LogP contribution in [0.5, 0.6) is 0 Å². The molecule has 0 atom stereocenters. The van der Waals surface area contributed by atoms with Crippen LogP contribution in [-0.2, 0) is 6.54 Å². The van der Waals surface area contributed by atoms with E-state index in [4.69, 9.17) is 0 Å². The third-order valence-corrected chi connectivity index (χ3v) is 2.07. The molecule has 1 heteroatoms. The summed E-state index contributed by atoms with van der Waals surface area (Å²) in [6, 6.07) is 8.38. The van der Waals surface area contributed by atoms with E-state index in [0.29, 0.717) is 0 Å². The Morgan fingerprint density at radius 3 is 3.00 bits per heavy atom. The van der Waals surface area contributed by atoms with Crippen molar-refractivity contribution in [3.63, 3.8) is 0 Å². The standard InChI is InChI=1S/C11H11N/c1-2-11-7-9-5-3-4-6-10(9)8-12-11/h2-7,12H,1,8H2. The Kier molecular flexibility index (Phi) is 1.71. The van der Waals surface area contributed by atoms with Crippen LogP contribution in [-0.4, -0.2) is 0 Å². The van der Waals surface area contributed by atoms with Crippen molar-refractivity contribution in [1.29, 1.82) is 0 Å². The number of allylic oxidation sites excluding steroid dienone is 1. The third kappa shape index (κ3) is 1.14. The molecule has 2 rings (SSSR count). The first-order valence-electron chi connectivity index (χ1n) is 4.06. The highest BCUT2D eigenvalue weighted by molar-refractivity contribution is 5.60.